The lowest BCUT2D eigenvalue weighted by molar-refractivity contribution is 0.0698. The normalized spacial score (nSPS) is 10.1. The standard InChI is InChI=1S/C11H7IN2O3S/c12-6-1-2-8(7(3-6)11(16)17)14-10(15)9-4-13-5-18-9/h1-5H,(H,14,15)(H,16,17). The van der Waals surface area contributed by atoms with E-state index in [0.29, 0.717) is 4.88 Å². The van der Waals surface area contributed by atoms with Gasteiger partial charge in [0, 0.05) is 3.57 Å². The van der Waals surface area contributed by atoms with E-state index in [9.17, 15) is 9.59 Å². The zero-order valence-corrected chi connectivity index (χ0v) is 11.9. The van der Waals surface area contributed by atoms with Crippen LogP contribution >= 0.6 is 33.9 Å². The first-order valence-electron chi connectivity index (χ1n) is 4.80. The van der Waals surface area contributed by atoms with Crippen molar-refractivity contribution in [1.82, 2.24) is 4.98 Å². The summed E-state index contributed by atoms with van der Waals surface area (Å²) < 4.78 is 0.792. The molecular weight excluding hydrogens is 367 g/mol. The summed E-state index contributed by atoms with van der Waals surface area (Å²) in [6, 6.07) is 4.81. The van der Waals surface area contributed by atoms with Crippen LogP contribution in [0.1, 0.15) is 20.0 Å². The van der Waals surface area contributed by atoms with E-state index >= 15 is 0 Å². The molecule has 0 radical (unpaired) electrons. The minimum Gasteiger partial charge on any atom is -0.478 e. The van der Waals surface area contributed by atoms with E-state index in [2.05, 4.69) is 10.3 Å². The summed E-state index contributed by atoms with van der Waals surface area (Å²) in [5.74, 6) is -1.44. The molecule has 0 bridgehead atoms. The third-order valence-electron chi connectivity index (χ3n) is 2.12. The SMILES string of the molecule is O=C(Nc1ccc(I)cc1C(=O)O)c1cncs1. The number of benzene rings is 1. The summed E-state index contributed by atoms with van der Waals surface area (Å²) in [6.07, 6.45) is 1.44. The van der Waals surface area contributed by atoms with Gasteiger partial charge in [-0.15, -0.1) is 11.3 Å². The molecule has 0 saturated carbocycles. The largest absolute Gasteiger partial charge is 0.478 e. The Labute approximate surface area is 120 Å². The summed E-state index contributed by atoms with van der Waals surface area (Å²) in [6.45, 7) is 0. The van der Waals surface area contributed by atoms with Crippen LogP contribution in [0.3, 0.4) is 0 Å². The number of aromatic nitrogens is 1. The third kappa shape index (κ3) is 2.85. The molecule has 0 fully saturated rings. The predicted octanol–water partition coefficient (Wildman–Crippen LogP) is 2.70. The van der Waals surface area contributed by atoms with Gasteiger partial charge in [0.05, 0.1) is 23.0 Å². The molecule has 1 aromatic carbocycles. The molecule has 1 amide bonds. The molecule has 0 unspecified atom stereocenters. The van der Waals surface area contributed by atoms with Crippen molar-refractivity contribution in [2.45, 2.75) is 0 Å². The topological polar surface area (TPSA) is 79.3 Å². The average Bonchev–Trinajstić information content (AvgIpc) is 2.84. The van der Waals surface area contributed by atoms with Gasteiger partial charge in [-0.05, 0) is 40.8 Å². The Kier molecular flexibility index (Phi) is 3.92. The monoisotopic (exact) mass is 374 g/mol. The molecule has 5 nitrogen and oxygen atoms in total. The van der Waals surface area contributed by atoms with E-state index in [0.717, 1.165) is 3.57 Å². The number of carboxylic acid groups (broad SMARTS) is 1. The highest BCUT2D eigenvalue weighted by Crippen LogP contribution is 2.20. The number of halogens is 1. The van der Waals surface area contributed by atoms with Crippen molar-refractivity contribution >= 4 is 51.5 Å². The van der Waals surface area contributed by atoms with Gasteiger partial charge in [-0.2, -0.15) is 0 Å². The molecule has 1 heterocycles. The molecule has 92 valence electrons. The predicted molar refractivity (Wildman–Crippen MR) is 76.2 cm³/mol. The molecule has 1 aromatic heterocycles. The summed E-state index contributed by atoms with van der Waals surface area (Å²) in [7, 11) is 0. The van der Waals surface area contributed by atoms with Crippen LogP contribution in [0.25, 0.3) is 0 Å². The van der Waals surface area contributed by atoms with Gasteiger partial charge in [0.25, 0.3) is 5.91 Å². The van der Waals surface area contributed by atoms with Gasteiger partial charge in [0.2, 0.25) is 0 Å². The number of hydrogen-bond acceptors (Lipinski definition) is 4. The first kappa shape index (κ1) is 13.0. The van der Waals surface area contributed by atoms with Crippen molar-refractivity contribution in [3.8, 4) is 0 Å². The number of amides is 1. The van der Waals surface area contributed by atoms with Gasteiger partial charge in [0.1, 0.15) is 4.88 Å². The molecule has 7 heteroatoms. The molecule has 18 heavy (non-hydrogen) atoms. The molecule has 0 saturated heterocycles. The van der Waals surface area contributed by atoms with Crippen LogP contribution in [0.15, 0.2) is 29.9 Å². The maximum absolute atomic E-state index is 11.8. The Bertz CT molecular complexity index is 598. The fourth-order valence-corrected chi connectivity index (χ4v) is 2.32. The van der Waals surface area contributed by atoms with E-state index in [4.69, 9.17) is 5.11 Å². The third-order valence-corrected chi connectivity index (χ3v) is 3.56. The second-order valence-electron chi connectivity index (χ2n) is 3.31. The van der Waals surface area contributed by atoms with Gasteiger partial charge >= 0.3 is 5.97 Å². The number of nitrogens with one attached hydrogen (secondary N) is 1. The lowest BCUT2D eigenvalue weighted by Gasteiger charge is -2.07. The summed E-state index contributed by atoms with van der Waals surface area (Å²) in [5.41, 5.74) is 1.89. The number of carbonyl (C=O) groups excluding carboxylic acids is 1. The summed E-state index contributed by atoms with van der Waals surface area (Å²) >= 11 is 3.21. The maximum atomic E-state index is 11.8. The molecular formula is C11H7IN2O3S. The minimum absolute atomic E-state index is 0.0692. The minimum atomic E-state index is -1.08. The second-order valence-corrected chi connectivity index (χ2v) is 5.45. The van der Waals surface area contributed by atoms with Crippen molar-refractivity contribution < 1.29 is 14.7 Å². The number of thiazole rings is 1. The van der Waals surface area contributed by atoms with Crippen LogP contribution in [0, 0.1) is 3.57 Å². The lowest BCUT2D eigenvalue weighted by Crippen LogP contribution is -2.13. The number of anilines is 1. The van der Waals surface area contributed by atoms with Crippen molar-refractivity contribution in [2.75, 3.05) is 5.32 Å². The molecule has 0 aliphatic rings. The van der Waals surface area contributed by atoms with Gasteiger partial charge in [0.15, 0.2) is 0 Å². The van der Waals surface area contributed by atoms with Crippen molar-refractivity contribution in [2.24, 2.45) is 0 Å². The van der Waals surface area contributed by atoms with Crippen LogP contribution < -0.4 is 5.32 Å². The van der Waals surface area contributed by atoms with Gasteiger partial charge in [-0.1, -0.05) is 0 Å². The zero-order valence-electron chi connectivity index (χ0n) is 8.88. The number of aromatic carboxylic acids is 1. The Balaban J connectivity index is 2.29. The van der Waals surface area contributed by atoms with Crippen molar-refractivity contribution in [3.05, 3.63) is 43.9 Å². The van der Waals surface area contributed by atoms with Gasteiger partial charge < -0.3 is 10.4 Å². The smallest absolute Gasteiger partial charge is 0.337 e. The lowest BCUT2D eigenvalue weighted by atomic mass is 10.2. The highest BCUT2D eigenvalue weighted by Gasteiger charge is 2.14. The molecule has 2 rings (SSSR count). The molecule has 2 N–H and O–H groups in total. The number of hydrogen-bond donors (Lipinski definition) is 2. The van der Waals surface area contributed by atoms with Gasteiger partial charge in [-0.3, -0.25) is 9.78 Å². The number of carbonyl (C=O) groups is 2. The van der Waals surface area contributed by atoms with Crippen LogP contribution in [-0.4, -0.2) is 22.0 Å². The van der Waals surface area contributed by atoms with E-state index in [1.807, 2.05) is 22.6 Å². The van der Waals surface area contributed by atoms with Crippen LogP contribution in [0.5, 0.6) is 0 Å². The maximum Gasteiger partial charge on any atom is 0.337 e. The highest BCUT2D eigenvalue weighted by atomic mass is 127. The van der Waals surface area contributed by atoms with Crippen molar-refractivity contribution in [1.29, 1.82) is 0 Å². The zero-order chi connectivity index (χ0) is 13.1. The molecule has 2 aromatic rings. The van der Waals surface area contributed by atoms with E-state index in [1.165, 1.54) is 23.6 Å². The van der Waals surface area contributed by atoms with Gasteiger partial charge in [-0.25, -0.2) is 4.79 Å². The Morgan fingerprint density at radius 2 is 2.17 bits per heavy atom. The van der Waals surface area contributed by atoms with E-state index in [-0.39, 0.29) is 17.2 Å². The van der Waals surface area contributed by atoms with Crippen LogP contribution in [0.4, 0.5) is 5.69 Å². The first-order valence-corrected chi connectivity index (χ1v) is 6.76. The van der Waals surface area contributed by atoms with E-state index < -0.39 is 5.97 Å². The molecule has 0 aliphatic heterocycles. The van der Waals surface area contributed by atoms with E-state index in [1.54, 1.807) is 17.6 Å². The quantitative estimate of drug-likeness (QED) is 0.810. The molecule has 0 spiro atoms. The number of carboxylic acids is 1. The second kappa shape index (κ2) is 5.44. The Morgan fingerprint density at radius 3 is 2.78 bits per heavy atom. The van der Waals surface area contributed by atoms with Crippen LogP contribution in [0.2, 0.25) is 0 Å². The van der Waals surface area contributed by atoms with Crippen LogP contribution in [-0.2, 0) is 0 Å². The number of rotatable bonds is 3. The van der Waals surface area contributed by atoms with Crippen molar-refractivity contribution in [3.63, 3.8) is 0 Å². The summed E-state index contributed by atoms with van der Waals surface area (Å²) in [5, 5.41) is 11.6. The average molecular weight is 374 g/mol. The fraction of sp³-hybridized carbons (Fsp3) is 0. The Hall–Kier alpha value is -1.48. The number of nitrogens with zero attached hydrogens (tertiary/aromatic N) is 1. The summed E-state index contributed by atoms with van der Waals surface area (Å²) in [4.78, 5) is 27.1. The first-order chi connectivity index (χ1) is 8.58. The Morgan fingerprint density at radius 1 is 1.39 bits per heavy atom. The molecule has 0 aliphatic carbocycles. The highest BCUT2D eigenvalue weighted by molar-refractivity contribution is 14.1. The molecule has 0 atom stereocenters. The fourth-order valence-electron chi connectivity index (χ4n) is 1.31.